The lowest BCUT2D eigenvalue weighted by molar-refractivity contribution is 0.698. The van der Waals surface area contributed by atoms with Crippen LogP contribution in [0.25, 0.3) is 10.2 Å². The summed E-state index contributed by atoms with van der Waals surface area (Å²) in [6, 6.07) is 18.1. The summed E-state index contributed by atoms with van der Waals surface area (Å²) >= 11 is 1.66. The van der Waals surface area contributed by atoms with Crippen molar-refractivity contribution in [1.29, 1.82) is 0 Å². The van der Waals surface area contributed by atoms with E-state index in [9.17, 15) is 4.79 Å². The molecule has 6 nitrogen and oxygen atoms in total. The van der Waals surface area contributed by atoms with Gasteiger partial charge in [0, 0.05) is 24.7 Å². The van der Waals surface area contributed by atoms with Gasteiger partial charge < -0.3 is 4.90 Å². The molecule has 0 fully saturated rings. The van der Waals surface area contributed by atoms with Crippen LogP contribution in [0.3, 0.4) is 0 Å². The van der Waals surface area contributed by atoms with Gasteiger partial charge in [0.1, 0.15) is 4.83 Å². The zero-order valence-corrected chi connectivity index (χ0v) is 19.7. The normalized spacial score (nSPS) is 13.4. The third kappa shape index (κ3) is 4.41. The van der Waals surface area contributed by atoms with Crippen molar-refractivity contribution in [2.75, 3.05) is 24.4 Å². The van der Waals surface area contributed by atoms with E-state index in [-0.39, 0.29) is 5.56 Å². The van der Waals surface area contributed by atoms with E-state index in [1.54, 1.807) is 22.1 Å². The molecular weight excluding hydrogens is 430 g/mol. The second-order valence-corrected chi connectivity index (χ2v) is 9.64. The van der Waals surface area contributed by atoms with E-state index >= 15 is 0 Å². The highest BCUT2D eigenvalue weighted by Gasteiger charge is 2.22. The molecule has 0 saturated heterocycles. The van der Waals surface area contributed by atoms with Gasteiger partial charge in [-0.05, 0) is 54.5 Å². The molecule has 0 atom stereocenters. The van der Waals surface area contributed by atoms with Crippen LogP contribution in [-0.4, -0.2) is 29.9 Å². The molecule has 0 amide bonds. The fourth-order valence-electron chi connectivity index (χ4n) is 4.26. The van der Waals surface area contributed by atoms with Crippen molar-refractivity contribution >= 4 is 39.4 Å². The molecule has 5 rings (SSSR count). The van der Waals surface area contributed by atoms with E-state index in [0.717, 1.165) is 46.3 Å². The number of hydrazone groups is 1. The van der Waals surface area contributed by atoms with Gasteiger partial charge in [0.25, 0.3) is 5.56 Å². The Kier molecular flexibility index (Phi) is 5.96. The summed E-state index contributed by atoms with van der Waals surface area (Å²) in [4.78, 5) is 22.7. The fraction of sp³-hybridized carbons (Fsp3) is 0.269. The molecule has 0 unspecified atom stereocenters. The first-order valence-electron chi connectivity index (χ1n) is 11.3. The third-order valence-corrected chi connectivity index (χ3v) is 7.23. The minimum Gasteiger partial charge on any atom is -0.378 e. The summed E-state index contributed by atoms with van der Waals surface area (Å²) in [5, 5.41) is 5.20. The van der Waals surface area contributed by atoms with Crippen LogP contribution < -0.4 is 15.9 Å². The Morgan fingerprint density at radius 2 is 1.85 bits per heavy atom. The van der Waals surface area contributed by atoms with Crippen LogP contribution >= 0.6 is 11.3 Å². The SMILES string of the molecule is CN(C)c1ccc(/C=N/Nc2nc3sc4c(c3c(=O)n2Cc2ccccc2)CCCC4)cc1. The Balaban J connectivity index is 1.52. The van der Waals surface area contributed by atoms with Crippen LogP contribution in [0.1, 0.15) is 34.4 Å². The lowest BCUT2D eigenvalue weighted by atomic mass is 9.97. The monoisotopic (exact) mass is 457 g/mol. The van der Waals surface area contributed by atoms with Gasteiger partial charge in [0.15, 0.2) is 0 Å². The molecule has 0 spiro atoms. The number of thiophene rings is 1. The summed E-state index contributed by atoms with van der Waals surface area (Å²) in [5.74, 6) is 0.469. The number of nitrogens with zero attached hydrogens (tertiary/aromatic N) is 4. The molecule has 2 aromatic heterocycles. The van der Waals surface area contributed by atoms with E-state index in [4.69, 9.17) is 4.98 Å². The van der Waals surface area contributed by atoms with Gasteiger partial charge in [-0.2, -0.15) is 5.10 Å². The first-order valence-corrected chi connectivity index (χ1v) is 12.1. The molecule has 7 heteroatoms. The predicted molar refractivity (Wildman–Crippen MR) is 138 cm³/mol. The number of hydrogen-bond acceptors (Lipinski definition) is 6. The van der Waals surface area contributed by atoms with Crippen molar-refractivity contribution in [3.05, 3.63) is 86.5 Å². The zero-order chi connectivity index (χ0) is 22.8. The quantitative estimate of drug-likeness (QED) is 0.331. The summed E-state index contributed by atoms with van der Waals surface area (Å²) in [7, 11) is 4.03. The number of aromatic nitrogens is 2. The molecule has 33 heavy (non-hydrogen) atoms. The minimum absolute atomic E-state index is 0.0105. The Hall–Kier alpha value is -3.45. The van der Waals surface area contributed by atoms with Gasteiger partial charge >= 0.3 is 0 Å². The lowest BCUT2D eigenvalue weighted by Gasteiger charge is -2.13. The lowest BCUT2D eigenvalue weighted by Crippen LogP contribution is -2.25. The maximum atomic E-state index is 13.7. The van der Waals surface area contributed by atoms with E-state index in [1.165, 1.54) is 16.9 Å². The molecule has 0 bridgehead atoms. The highest BCUT2D eigenvalue weighted by Crippen LogP contribution is 2.34. The maximum Gasteiger partial charge on any atom is 0.264 e. The zero-order valence-electron chi connectivity index (χ0n) is 18.9. The van der Waals surface area contributed by atoms with Gasteiger partial charge in [-0.3, -0.25) is 9.36 Å². The van der Waals surface area contributed by atoms with Crippen molar-refractivity contribution in [1.82, 2.24) is 9.55 Å². The van der Waals surface area contributed by atoms with E-state index in [0.29, 0.717) is 12.5 Å². The number of hydrogen-bond donors (Lipinski definition) is 1. The molecule has 168 valence electrons. The molecule has 0 aliphatic heterocycles. The Bertz CT molecular complexity index is 1350. The highest BCUT2D eigenvalue weighted by molar-refractivity contribution is 7.18. The highest BCUT2D eigenvalue weighted by atomic mass is 32.1. The molecule has 0 saturated carbocycles. The first-order chi connectivity index (χ1) is 16.1. The molecule has 0 radical (unpaired) electrons. The summed E-state index contributed by atoms with van der Waals surface area (Å²) in [6.45, 7) is 0.447. The largest absolute Gasteiger partial charge is 0.378 e. The first kappa shape index (κ1) is 21.4. The fourth-order valence-corrected chi connectivity index (χ4v) is 5.51. The number of aryl methyl sites for hydroxylation is 2. The molecule has 1 aliphatic carbocycles. The summed E-state index contributed by atoms with van der Waals surface area (Å²) in [5.41, 5.74) is 7.42. The van der Waals surface area contributed by atoms with Crippen molar-refractivity contribution in [3.8, 4) is 0 Å². The standard InChI is InChI=1S/C26H27N5OS/c1-30(2)20-14-12-18(13-15-20)16-27-29-26-28-24-23(21-10-6-7-11-22(21)33-24)25(32)31(26)17-19-8-4-3-5-9-19/h3-5,8-9,12-16H,6-7,10-11,17H2,1-2H3,(H,28,29)/b27-16+. The second kappa shape index (κ2) is 9.19. The van der Waals surface area contributed by atoms with Crippen molar-refractivity contribution in [3.63, 3.8) is 0 Å². The predicted octanol–water partition coefficient (Wildman–Crippen LogP) is 4.90. The van der Waals surface area contributed by atoms with Crippen LogP contribution in [0.2, 0.25) is 0 Å². The van der Waals surface area contributed by atoms with Gasteiger partial charge in [0.2, 0.25) is 5.95 Å². The number of rotatable bonds is 6. The van der Waals surface area contributed by atoms with E-state index in [1.807, 2.05) is 68.7 Å². The van der Waals surface area contributed by atoms with Gasteiger partial charge in [0.05, 0.1) is 18.1 Å². The molecule has 1 N–H and O–H groups in total. The Morgan fingerprint density at radius 3 is 2.61 bits per heavy atom. The number of fused-ring (bicyclic) bond motifs is 3. The van der Waals surface area contributed by atoms with Crippen LogP contribution in [-0.2, 0) is 19.4 Å². The summed E-state index contributed by atoms with van der Waals surface area (Å²) in [6.07, 6.45) is 6.07. The van der Waals surface area contributed by atoms with E-state index < -0.39 is 0 Å². The molecule has 2 aromatic carbocycles. The van der Waals surface area contributed by atoms with Crippen LogP contribution in [0.15, 0.2) is 64.5 Å². The third-order valence-electron chi connectivity index (χ3n) is 6.05. The maximum absolute atomic E-state index is 13.7. The van der Waals surface area contributed by atoms with E-state index in [2.05, 4.69) is 15.4 Å². The van der Waals surface area contributed by atoms with Crippen LogP contribution in [0, 0.1) is 0 Å². The second-order valence-electron chi connectivity index (χ2n) is 8.56. The van der Waals surface area contributed by atoms with Crippen molar-refractivity contribution < 1.29 is 0 Å². The number of benzene rings is 2. The minimum atomic E-state index is 0.0105. The summed E-state index contributed by atoms with van der Waals surface area (Å²) < 4.78 is 1.71. The Morgan fingerprint density at radius 1 is 1.09 bits per heavy atom. The van der Waals surface area contributed by atoms with Crippen molar-refractivity contribution in [2.24, 2.45) is 5.10 Å². The molecule has 1 aliphatic rings. The molecule has 2 heterocycles. The topological polar surface area (TPSA) is 62.5 Å². The Labute approximate surface area is 197 Å². The van der Waals surface area contributed by atoms with Gasteiger partial charge in [-0.15, -0.1) is 11.3 Å². The smallest absolute Gasteiger partial charge is 0.264 e. The number of nitrogens with one attached hydrogen (secondary N) is 1. The van der Waals surface area contributed by atoms with Gasteiger partial charge in [-0.1, -0.05) is 42.5 Å². The average molecular weight is 458 g/mol. The molecular formula is C26H27N5OS. The van der Waals surface area contributed by atoms with Crippen molar-refractivity contribution in [2.45, 2.75) is 32.2 Å². The molecule has 4 aromatic rings. The van der Waals surface area contributed by atoms with Crippen LogP contribution in [0.5, 0.6) is 0 Å². The van der Waals surface area contributed by atoms with Gasteiger partial charge in [-0.25, -0.2) is 10.4 Å². The number of anilines is 2. The van der Waals surface area contributed by atoms with Crippen LogP contribution in [0.4, 0.5) is 11.6 Å². The average Bonchev–Trinajstić information content (AvgIpc) is 3.21.